The number of carboxylic acid groups (broad SMARTS) is 1. The van der Waals surface area contributed by atoms with E-state index in [0.29, 0.717) is 16.8 Å². The first-order valence-corrected chi connectivity index (χ1v) is 6.12. The lowest BCUT2D eigenvalue weighted by Crippen LogP contribution is -2.24. The van der Waals surface area contributed by atoms with Gasteiger partial charge in [-0.05, 0) is 24.1 Å². The zero-order chi connectivity index (χ0) is 14.3. The second-order valence-electron chi connectivity index (χ2n) is 4.16. The van der Waals surface area contributed by atoms with E-state index in [1.54, 1.807) is 18.2 Å². The van der Waals surface area contributed by atoms with E-state index in [2.05, 4.69) is 17.2 Å². The Hall–Kier alpha value is -2.28. The lowest BCUT2D eigenvalue weighted by atomic mass is 10.1. The van der Waals surface area contributed by atoms with Crippen molar-refractivity contribution in [1.82, 2.24) is 0 Å². The smallest absolute Gasteiger partial charge is 0.221 e. The van der Waals surface area contributed by atoms with Gasteiger partial charge in [-0.3, -0.25) is 4.79 Å². The van der Waals surface area contributed by atoms with Gasteiger partial charge in [-0.25, -0.2) is 0 Å². The topological polar surface area (TPSA) is 69.2 Å². The molecule has 4 nitrogen and oxygen atoms in total. The van der Waals surface area contributed by atoms with E-state index in [-0.39, 0.29) is 12.3 Å². The molecule has 0 unspecified atom stereocenters. The first-order valence-electron chi connectivity index (χ1n) is 6.12. The van der Waals surface area contributed by atoms with Gasteiger partial charge in [0.25, 0.3) is 0 Å². The Morgan fingerprint density at radius 3 is 2.68 bits per heavy atom. The van der Waals surface area contributed by atoms with E-state index in [9.17, 15) is 14.7 Å². The van der Waals surface area contributed by atoms with Crippen molar-refractivity contribution in [2.24, 2.45) is 0 Å². The second kappa shape index (κ2) is 7.22. The Labute approximate surface area is 112 Å². The van der Waals surface area contributed by atoms with Gasteiger partial charge in [0.2, 0.25) is 5.91 Å². The van der Waals surface area contributed by atoms with Gasteiger partial charge in [-0.15, -0.1) is 0 Å². The van der Waals surface area contributed by atoms with E-state index in [0.717, 1.165) is 12.8 Å². The third kappa shape index (κ3) is 5.26. The fourth-order valence-electron chi connectivity index (χ4n) is 1.55. The van der Waals surface area contributed by atoms with Crippen molar-refractivity contribution >= 4 is 17.6 Å². The molecular weight excluding hydrogens is 242 g/mol. The molecule has 0 spiro atoms. The molecule has 1 N–H and O–H groups in total. The van der Waals surface area contributed by atoms with Gasteiger partial charge in [0.1, 0.15) is 0 Å². The van der Waals surface area contributed by atoms with Crippen molar-refractivity contribution < 1.29 is 14.7 Å². The van der Waals surface area contributed by atoms with Gasteiger partial charge >= 0.3 is 0 Å². The number of rotatable bonds is 4. The quantitative estimate of drug-likeness (QED) is 0.822. The van der Waals surface area contributed by atoms with Gasteiger partial charge in [0, 0.05) is 31.3 Å². The summed E-state index contributed by atoms with van der Waals surface area (Å²) in [5.41, 5.74) is 1.80. The van der Waals surface area contributed by atoms with E-state index in [1.807, 2.05) is 6.92 Å². The normalized spacial score (nSPS) is 9.37. The average molecular weight is 258 g/mol. The Kier molecular flexibility index (Phi) is 5.62. The maximum Gasteiger partial charge on any atom is 0.221 e. The van der Waals surface area contributed by atoms with Crippen LogP contribution in [0.25, 0.3) is 0 Å². The predicted octanol–water partition coefficient (Wildman–Crippen LogP) is 1.09. The molecule has 0 atom stereocenters. The Morgan fingerprint density at radius 2 is 2.11 bits per heavy atom. The number of carbonyl (C=O) groups is 2. The third-order valence-corrected chi connectivity index (χ3v) is 2.34. The number of aliphatic carboxylic acids is 1. The number of unbranched alkanes of at least 4 members (excludes halogenated alkanes) is 1. The fourth-order valence-corrected chi connectivity index (χ4v) is 1.55. The molecular formula is C15H16NO3-. The number of nitrogens with one attached hydrogen (secondary N) is 1. The first-order chi connectivity index (χ1) is 9.02. The van der Waals surface area contributed by atoms with Crippen LogP contribution in [0.2, 0.25) is 0 Å². The van der Waals surface area contributed by atoms with E-state index in [4.69, 9.17) is 0 Å². The Bertz CT molecular complexity index is 538. The lowest BCUT2D eigenvalue weighted by molar-refractivity contribution is -0.304. The summed E-state index contributed by atoms with van der Waals surface area (Å²) >= 11 is 0. The first kappa shape index (κ1) is 14.8. The van der Waals surface area contributed by atoms with Crippen molar-refractivity contribution in [1.29, 1.82) is 0 Å². The molecule has 1 aromatic carbocycles. The zero-order valence-electron chi connectivity index (χ0n) is 11.1. The van der Waals surface area contributed by atoms with Crippen LogP contribution in [0.5, 0.6) is 0 Å². The molecule has 0 saturated heterocycles. The van der Waals surface area contributed by atoms with E-state index < -0.39 is 5.97 Å². The maximum atomic E-state index is 11.1. The lowest BCUT2D eigenvalue weighted by Gasteiger charge is -2.09. The van der Waals surface area contributed by atoms with Crippen LogP contribution < -0.4 is 10.4 Å². The molecule has 4 heteroatoms. The van der Waals surface area contributed by atoms with Crippen LogP contribution in [0.3, 0.4) is 0 Å². The number of hydrogen-bond donors (Lipinski definition) is 1. The summed E-state index contributed by atoms with van der Waals surface area (Å²) in [6.45, 7) is 3.43. The fraction of sp³-hybridized carbons (Fsp3) is 0.333. The molecule has 0 aliphatic rings. The summed E-state index contributed by atoms with van der Waals surface area (Å²) in [4.78, 5) is 21.7. The van der Waals surface area contributed by atoms with E-state index >= 15 is 0 Å². The Morgan fingerprint density at radius 1 is 1.37 bits per heavy atom. The molecule has 0 aliphatic heterocycles. The van der Waals surface area contributed by atoms with Crippen molar-refractivity contribution in [2.45, 2.75) is 33.1 Å². The van der Waals surface area contributed by atoms with Crippen LogP contribution >= 0.6 is 0 Å². The van der Waals surface area contributed by atoms with E-state index in [1.165, 1.54) is 6.92 Å². The molecule has 0 bridgehead atoms. The van der Waals surface area contributed by atoms with Crippen molar-refractivity contribution in [2.75, 3.05) is 5.32 Å². The van der Waals surface area contributed by atoms with Crippen molar-refractivity contribution in [3.63, 3.8) is 0 Å². The summed E-state index contributed by atoms with van der Waals surface area (Å²) in [6.07, 6.45) is 1.56. The SMILES string of the molecule is CCCC#Cc1ccc(CC(=O)[O-])cc1NC(C)=O. The minimum atomic E-state index is -1.15. The summed E-state index contributed by atoms with van der Waals surface area (Å²) in [5.74, 6) is 4.60. The molecule has 100 valence electrons. The Balaban J connectivity index is 3.06. The highest BCUT2D eigenvalue weighted by Gasteiger charge is 2.04. The zero-order valence-corrected chi connectivity index (χ0v) is 11.1. The van der Waals surface area contributed by atoms with Crippen LogP contribution in [0.15, 0.2) is 18.2 Å². The van der Waals surface area contributed by atoms with Gasteiger partial charge < -0.3 is 15.2 Å². The maximum absolute atomic E-state index is 11.1. The van der Waals surface area contributed by atoms with Crippen molar-refractivity contribution in [3.05, 3.63) is 29.3 Å². The highest BCUT2D eigenvalue weighted by molar-refractivity contribution is 5.90. The summed E-state index contributed by atoms with van der Waals surface area (Å²) in [7, 11) is 0. The van der Waals surface area contributed by atoms with Crippen molar-refractivity contribution in [3.8, 4) is 11.8 Å². The van der Waals surface area contributed by atoms with Crippen LogP contribution in [0.4, 0.5) is 5.69 Å². The van der Waals surface area contributed by atoms with Gasteiger partial charge in [-0.1, -0.05) is 24.8 Å². The number of benzene rings is 1. The van der Waals surface area contributed by atoms with Crippen LogP contribution in [-0.2, 0) is 16.0 Å². The molecule has 1 amide bonds. The summed E-state index contributed by atoms with van der Waals surface area (Å²) < 4.78 is 0. The number of carboxylic acids is 1. The standard InChI is InChI=1S/C15H17NO3/c1-3-4-5-6-13-8-7-12(10-15(18)19)9-14(13)16-11(2)17/h7-9H,3-4,10H2,1-2H3,(H,16,17)(H,18,19)/p-1. The third-order valence-electron chi connectivity index (χ3n) is 2.34. The second-order valence-corrected chi connectivity index (χ2v) is 4.16. The molecule has 0 radical (unpaired) electrons. The number of hydrogen-bond acceptors (Lipinski definition) is 3. The summed E-state index contributed by atoms with van der Waals surface area (Å²) in [5, 5.41) is 13.2. The molecule has 1 rings (SSSR count). The van der Waals surface area contributed by atoms with Crippen LogP contribution in [0, 0.1) is 11.8 Å². The van der Waals surface area contributed by atoms with Crippen LogP contribution in [-0.4, -0.2) is 11.9 Å². The largest absolute Gasteiger partial charge is 0.550 e. The minimum absolute atomic E-state index is 0.185. The van der Waals surface area contributed by atoms with Crippen LogP contribution in [0.1, 0.15) is 37.8 Å². The summed E-state index contributed by atoms with van der Waals surface area (Å²) in [6, 6.07) is 5.01. The number of amides is 1. The predicted molar refractivity (Wildman–Crippen MR) is 71.2 cm³/mol. The van der Waals surface area contributed by atoms with Gasteiger partial charge in [0.15, 0.2) is 0 Å². The molecule has 0 heterocycles. The molecule has 0 saturated carbocycles. The number of anilines is 1. The highest BCUT2D eigenvalue weighted by Crippen LogP contribution is 2.17. The van der Waals surface area contributed by atoms with Gasteiger partial charge in [0.05, 0.1) is 5.69 Å². The molecule has 19 heavy (non-hydrogen) atoms. The molecule has 0 aromatic heterocycles. The van der Waals surface area contributed by atoms with Gasteiger partial charge in [-0.2, -0.15) is 0 Å². The highest BCUT2D eigenvalue weighted by atomic mass is 16.4. The minimum Gasteiger partial charge on any atom is -0.550 e. The molecule has 1 aromatic rings. The average Bonchev–Trinajstić information content (AvgIpc) is 2.30. The molecule has 0 fully saturated rings. The number of carbonyl (C=O) groups excluding carboxylic acids is 2. The molecule has 0 aliphatic carbocycles. The monoisotopic (exact) mass is 258 g/mol.